The van der Waals surface area contributed by atoms with Crippen molar-refractivity contribution in [1.82, 2.24) is 0 Å². The van der Waals surface area contributed by atoms with Crippen LogP contribution in [0, 0.1) is 56.7 Å². The molecule has 9 atom stereocenters. The molecular weight excluding hydrogens is 532 g/mol. The molecule has 0 aliphatic heterocycles. The molecular formula is C39H54O4. The van der Waals surface area contributed by atoms with Crippen LogP contribution in [0.5, 0.6) is 5.75 Å². The Morgan fingerprint density at radius 3 is 2.30 bits per heavy atom. The van der Waals surface area contributed by atoms with Crippen molar-refractivity contribution in [1.29, 1.82) is 0 Å². The summed E-state index contributed by atoms with van der Waals surface area (Å²) < 4.78 is 11.2. The van der Waals surface area contributed by atoms with Gasteiger partial charge in [0.05, 0.1) is 19.6 Å². The maximum Gasteiger partial charge on any atom is 0.312 e. The van der Waals surface area contributed by atoms with Gasteiger partial charge in [-0.2, -0.15) is 0 Å². The van der Waals surface area contributed by atoms with Crippen LogP contribution in [-0.4, -0.2) is 26.0 Å². The summed E-state index contributed by atoms with van der Waals surface area (Å²) in [4.78, 5) is 27.7. The molecule has 1 aromatic rings. The van der Waals surface area contributed by atoms with E-state index in [1.165, 1.54) is 5.57 Å². The number of fused-ring (bicyclic) bond motifs is 7. The third kappa shape index (κ3) is 3.99. The molecule has 4 heteroatoms. The van der Waals surface area contributed by atoms with Crippen LogP contribution in [0.15, 0.2) is 42.0 Å². The molecule has 5 aliphatic rings. The highest BCUT2D eigenvalue weighted by molar-refractivity contribution is 6.04. The number of esters is 1. The molecule has 4 nitrogen and oxygen atoms in total. The van der Waals surface area contributed by atoms with Gasteiger partial charge in [0.25, 0.3) is 0 Å². The van der Waals surface area contributed by atoms with Crippen molar-refractivity contribution < 1.29 is 19.1 Å². The third-order valence-electron chi connectivity index (χ3n) is 14.7. The summed E-state index contributed by atoms with van der Waals surface area (Å²) in [5.41, 5.74) is 2.68. The summed E-state index contributed by atoms with van der Waals surface area (Å²) in [5.74, 6) is 3.19. The van der Waals surface area contributed by atoms with E-state index in [1.54, 1.807) is 14.2 Å². The van der Waals surface area contributed by atoms with Crippen molar-refractivity contribution in [2.24, 2.45) is 56.7 Å². The van der Waals surface area contributed by atoms with Crippen LogP contribution >= 0.6 is 0 Å². The summed E-state index contributed by atoms with van der Waals surface area (Å²) in [6, 6.07) is 8.05. The third-order valence-corrected chi connectivity index (χ3v) is 14.7. The highest BCUT2D eigenvalue weighted by Gasteiger charge is 2.72. The first-order valence-electron chi connectivity index (χ1n) is 16.8. The van der Waals surface area contributed by atoms with E-state index < -0.39 is 5.41 Å². The van der Waals surface area contributed by atoms with Gasteiger partial charge >= 0.3 is 5.97 Å². The van der Waals surface area contributed by atoms with Crippen LogP contribution in [0.25, 0.3) is 6.08 Å². The molecule has 0 radical (unpaired) electrons. The van der Waals surface area contributed by atoms with E-state index >= 15 is 0 Å². The van der Waals surface area contributed by atoms with E-state index in [9.17, 15) is 9.59 Å². The second kappa shape index (κ2) is 10.1. The SMILES string of the molecule is C=C(C)[C@H]1CC[C@@]2(C(=O)OC)CC[C@]3(C)[C@@H](CC[C@H]4[C@@]5(C)CC(=Cc6ccccc6OC)C(=O)C(C)(C)[C@@H]5CC[C@]43C)[C@H]12. The number of ether oxygens (including phenoxy) is 2. The van der Waals surface area contributed by atoms with Crippen molar-refractivity contribution >= 4 is 17.8 Å². The number of hydrogen-bond donors (Lipinski definition) is 0. The zero-order valence-corrected chi connectivity index (χ0v) is 28.0. The van der Waals surface area contributed by atoms with Gasteiger partial charge in [0.1, 0.15) is 5.75 Å². The maximum absolute atomic E-state index is 14.2. The van der Waals surface area contributed by atoms with Crippen LogP contribution in [0.4, 0.5) is 0 Å². The van der Waals surface area contributed by atoms with E-state index in [0.29, 0.717) is 35.4 Å². The van der Waals surface area contributed by atoms with Crippen LogP contribution < -0.4 is 4.74 Å². The molecule has 0 bridgehead atoms. The van der Waals surface area contributed by atoms with E-state index in [2.05, 4.69) is 60.3 Å². The molecule has 0 amide bonds. The molecule has 1 aromatic carbocycles. The smallest absolute Gasteiger partial charge is 0.312 e. The molecule has 0 spiro atoms. The molecule has 0 saturated heterocycles. The Morgan fingerprint density at radius 1 is 0.907 bits per heavy atom. The first kappa shape index (κ1) is 30.7. The molecule has 0 aromatic heterocycles. The monoisotopic (exact) mass is 586 g/mol. The first-order valence-corrected chi connectivity index (χ1v) is 16.8. The number of carbonyl (C=O) groups excluding carboxylic acids is 2. The number of methoxy groups -OCH3 is 2. The Hall–Kier alpha value is -2.36. The van der Waals surface area contributed by atoms with Gasteiger partial charge in [0.15, 0.2) is 5.78 Å². The minimum Gasteiger partial charge on any atom is -0.496 e. The fourth-order valence-electron chi connectivity index (χ4n) is 12.7. The molecule has 6 rings (SSSR count). The van der Waals surface area contributed by atoms with Gasteiger partial charge in [-0.05, 0) is 128 Å². The summed E-state index contributed by atoms with van der Waals surface area (Å²) in [7, 11) is 3.29. The lowest BCUT2D eigenvalue weighted by Crippen LogP contribution is -2.67. The van der Waals surface area contributed by atoms with Crippen LogP contribution in [0.3, 0.4) is 0 Å². The fourth-order valence-corrected chi connectivity index (χ4v) is 12.7. The summed E-state index contributed by atoms with van der Waals surface area (Å²) >= 11 is 0. The Morgan fingerprint density at radius 2 is 1.63 bits per heavy atom. The predicted octanol–water partition coefficient (Wildman–Crippen LogP) is 9.09. The number of para-hydroxylation sites is 1. The van der Waals surface area contributed by atoms with Crippen LogP contribution in [-0.2, 0) is 14.3 Å². The average Bonchev–Trinajstić information content (AvgIpc) is 3.37. The van der Waals surface area contributed by atoms with E-state index in [-0.39, 0.29) is 27.6 Å². The Kier molecular flexibility index (Phi) is 7.18. The normalized spacial score (nSPS) is 44.0. The fraction of sp³-hybridized carbons (Fsp3) is 0.692. The minimum absolute atomic E-state index is 0.0184. The van der Waals surface area contributed by atoms with Gasteiger partial charge in [0.2, 0.25) is 0 Å². The Bertz CT molecular complexity index is 1370. The second-order valence-electron chi connectivity index (χ2n) is 16.5. The number of ketones is 1. The summed E-state index contributed by atoms with van der Waals surface area (Å²) in [6.07, 6.45) is 11.5. The van der Waals surface area contributed by atoms with Gasteiger partial charge in [0, 0.05) is 11.0 Å². The number of rotatable bonds is 4. The molecule has 0 N–H and O–H groups in total. The number of benzene rings is 1. The topological polar surface area (TPSA) is 52.6 Å². The molecule has 43 heavy (non-hydrogen) atoms. The van der Waals surface area contributed by atoms with Crippen molar-refractivity contribution in [3.63, 3.8) is 0 Å². The quantitative estimate of drug-likeness (QED) is 0.201. The standard InChI is InChI=1S/C39H54O4/c1-24(2)27-16-19-39(34(41)43-9)21-20-37(6)28(32(27)39)14-15-31-36(5)23-26(22-25-12-10-11-13-29(25)42-8)33(40)35(3,4)30(36)17-18-38(31,37)7/h10-13,22,27-28,30-32H,1,14-21,23H2,2-9H3/t27-,28+,30+,31+,32+,36+,37-,38-,39-/m1/s1. The number of Topliss-reactive ketones (excluding diaryl/α,β-unsaturated/α-hetero) is 1. The van der Waals surface area contributed by atoms with Crippen molar-refractivity contribution in [3.8, 4) is 5.75 Å². The van der Waals surface area contributed by atoms with Gasteiger partial charge in [-0.25, -0.2) is 0 Å². The molecule has 234 valence electrons. The number of carbonyl (C=O) groups is 2. The number of hydrogen-bond acceptors (Lipinski definition) is 4. The molecule has 0 heterocycles. The molecule has 5 fully saturated rings. The van der Waals surface area contributed by atoms with Gasteiger partial charge in [-0.3, -0.25) is 9.59 Å². The minimum atomic E-state index is -0.414. The van der Waals surface area contributed by atoms with Crippen molar-refractivity contribution in [2.75, 3.05) is 14.2 Å². The summed E-state index contributed by atoms with van der Waals surface area (Å²) in [5, 5.41) is 0. The summed E-state index contributed by atoms with van der Waals surface area (Å²) in [6.45, 7) is 18.8. The average molecular weight is 587 g/mol. The van der Waals surface area contributed by atoms with Crippen molar-refractivity contribution in [3.05, 3.63) is 47.6 Å². The molecule has 0 unspecified atom stereocenters. The van der Waals surface area contributed by atoms with Gasteiger partial charge in [-0.15, -0.1) is 0 Å². The molecule has 5 saturated carbocycles. The van der Waals surface area contributed by atoms with Crippen molar-refractivity contribution in [2.45, 2.75) is 99.3 Å². The van der Waals surface area contributed by atoms with E-state index in [4.69, 9.17) is 9.47 Å². The largest absolute Gasteiger partial charge is 0.496 e. The van der Waals surface area contributed by atoms with E-state index in [1.807, 2.05) is 18.2 Å². The lowest BCUT2D eigenvalue weighted by atomic mass is 9.32. The van der Waals surface area contributed by atoms with Crippen LogP contribution in [0.2, 0.25) is 0 Å². The highest BCUT2D eigenvalue weighted by atomic mass is 16.5. The van der Waals surface area contributed by atoms with E-state index in [0.717, 1.165) is 74.7 Å². The molecule has 5 aliphatic carbocycles. The predicted molar refractivity (Wildman–Crippen MR) is 172 cm³/mol. The zero-order valence-electron chi connectivity index (χ0n) is 28.0. The van der Waals surface area contributed by atoms with Gasteiger partial charge in [-0.1, -0.05) is 65.0 Å². The van der Waals surface area contributed by atoms with Gasteiger partial charge < -0.3 is 9.47 Å². The Labute approximate surface area is 260 Å². The van der Waals surface area contributed by atoms with Crippen LogP contribution in [0.1, 0.15) is 105 Å². The second-order valence-corrected chi connectivity index (χ2v) is 16.5. The number of allylic oxidation sites excluding steroid dienone is 2. The maximum atomic E-state index is 14.2. The lowest BCUT2D eigenvalue weighted by Gasteiger charge is -2.72. The highest BCUT2D eigenvalue weighted by Crippen LogP contribution is 2.77. The lowest BCUT2D eigenvalue weighted by molar-refractivity contribution is -0.232. The Balaban J connectivity index is 1.42. The first-order chi connectivity index (χ1) is 20.2. The zero-order chi connectivity index (χ0) is 31.2.